The SMILES string of the molecule is COc1ccc(-c2oc3c(C(=O)O)cccc3c(=O)c2C)cc1.Cl. The number of benzene rings is 2. The van der Waals surface area contributed by atoms with Gasteiger partial charge in [0.25, 0.3) is 0 Å². The van der Waals surface area contributed by atoms with E-state index in [2.05, 4.69) is 0 Å². The molecular weight excluding hydrogens is 332 g/mol. The lowest BCUT2D eigenvalue weighted by atomic mass is 10.0. The van der Waals surface area contributed by atoms with Gasteiger partial charge < -0.3 is 14.3 Å². The predicted octanol–water partition coefficient (Wildman–Crippen LogP) is 3.90. The molecule has 0 unspecified atom stereocenters. The van der Waals surface area contributed by atoms with Crippen LogP contribution in [0.1, 0.15) is 15.9 Å². The third kappa shape index (κ3) is 2.86. The number of carbonyl (C=O) groups is 1. The highest BCUT2D eigenvalue weighted by Crippen LogP contribution is 2.28. The van der Waals surface area contributed by atoms with E-state index in [1.54, 1.807) is 44.4 Å². The van der Waals surface area contributed by atoms with E-state index in [4.69, 9.17) is 9.15 Å². The second kappa shape index (κ2) is 6.76. The number of aromatic carboxylic acids is 1. The van der Waals surface area contributed by atoms with Gasteiger partial charge >= 0.3 is 5.97 Å². The van der Waals surface area contributed by atoms with Gasteiger partial charge in [0.15, 0.2) is 11.0 Å². The number of para-hydroxylation sites is 1. The van der Waals surface area contributed by atoms with Gasteiger partial charge in [-0.05, 0) is 43.3 Å². The van der Waals surface area contributed by atoms with Crippen LogP contribution in [0.5, 0.6) is 5.75 Å². The number of halogens is 1. The molecule has 24 heavy (non-hydrogen) atoms. The molecule has 0 bridgehead atoms. The summed E-state index contributed by atoms with van der Waals surface area (Å²) in [5.74, 6) is -0.0945. The van der Waals surface area contributed by atoms with Crippen molar-refractivity contribution in [2.75, 3.05) is 7.11 Å². The monoisotopic (exact) mass is 346 g/mol. The lowest BCUT2D eigenvalue weighted by molar-refractivity contribution is 0.0698. The molecule has 0 fully saturated rings. The summed E-state index contributed by atoms with van der Waals surface area (Å²) in [4.78, 5) is 23.9. The third-order valence-electron chi connectivity index (χ3n) is 3.73. The molecule has 0 amide bonds. The Labute approximate surface area is 143 Å². The summed E-state index contributed by atoms with van der Waals surface area (Å²) in [6.45, 7) is 1.66. The highest BCUT2D eigenvalue weighted by molar-refractivity contribution is 6.01. The fraction of sp³-hybridized carbons (Fsp3) is 0.111. The van der Waals surface area contributed by atoms with Crippen LogP contribution in [-0.4, -0.2) is 18.2 Å². The van der Waals surface area contributed by atoms with E-state index in [0.717, 1.165) is 0 Å². The van der Waals surface area contributed by atoms with Crippen molar-refractivity contribution in [1.82, 2.24) is 0 Å². The molecule has 0 spiro atoms. The Morgan fingerprint density at radius 1 is 1.12 bits per heavy atom. The Kier molecular flexibility index (Phi) is 4.95. The average molecular weight is 347 g/mol. The van der Waals surface area contributed by atoms with Crippen molar-refractivity contribution in [2.24, 2.45) is 0 Å². The molecule has 0 radical (unpaired) electrons. The Bertz CT molecular complexity index is 958. The van der Waals surface area contributed by atoms with Crippen LogP contribution in [0, 0.1) is 6.92 Å². The fourth-order valence-corrected chi connectivity index (χ4v) is 2.50. The largest absolute Gasteiger partial charge is 0.497 e. The van der Waals surface area contributed by atoms with Crippen molar-refractivity contribution in [3.63, 3.8) is 0 Å². The summed E-state index contributed by atoms with van der Waals surface area (Å²) in [7, 11) is 1.57. The van der Waals surface area contributed by atoms with Gasteiger partial charge in [0, 0.05) is 11.1 Å². The molecule has 3 rings (SSSR count). The molecule has 1 heterocycles. The van der Waals surface area contributed by atoms with Crippen molar-refractivity contribution in [3.8, 4) is 17.1 Å². The van der Waals surface area contributed by atoms with E-state index in [0.29, 0.717) is 22.6 Å². The number of carboxylic acids is 1. The Morgan fingerprint density at radius 2 is 1.79 bits per heavy atom. The summed E-state index contributed by atoms with van der Waals surface area (Å²) in [6, 6.07) is 11.6. The molecule has 124 valence electrons. The lowest BCUT2D eigenvalue weighted by Gasteiger charge is -2.09. The number of ether oxygens (including phenoxy) is 1. The zero-order valence-corrected chi connectivity index (χ0v) is 13.8. The van der Waals surface area contributed by atoms with Crippen molar-refractivity contribution in [2.45, 2.75) is 6.92 Å². The zero-order valence-electron chi connectivity index (χ0n) is 13.0. The Hall–Kier alpha value is -2.79. The first-order chi connectivity index (χ1) is 11.0. The molecule has 5 nitrogen and oxygen atoms in total. The fourth-order valence-electron chi connectivity index (χ4n) is 2.50. The third-order valence-corrected chi connectivity index (χ3v) is 3.73. The number of hydrogen-bond acceptors (Lipinski definition) is 4. The maximum atomic E-state index is 12.5. The summed E-state index contributed by atoms with van der Waals surface area (Å²) >= 11 is 0. The van der Waals surface area contributed by atoms with Gasteiger partial charge in [-0.1, -0.05) is 6.07 Å². The number of hydrogen-bond donors (Lipinski definition) is 1. The molecule has 2 aromatic carbocycles. The van der Waals surface area contributed by atoms with E-state index >= 15 is 0 Å². The number of methoxy groups -OCH3 is 1. The minimum absolute atomic E-state index is 0. The lowest BCUT2D eigenvalue weighted by Crippen LogP contribution is -2.09. The van der Waals surface area contributed by atoms with Gasteiger partial charge in [-0.25, -0.2) is 4.79 Å². The Morgan fingerprint density at radius 3 is 2.38 bits per heavy atom. The molecule has 0 saturated carbocycles. The molecule has 1 aromatic heterocycles. The molecule has 0 atom stereocenters. The van der Waals surface area contributed by atoms with Crippen LogP contribution in [0.4, 0.5) is 0 Å². The van der Waals surface area contributed by atoms with Gasteiger partial charge in [-0.15, -0.1) is 12.4 Å². The first-order valence-corrected chi connectivity index (χ1v) is 6.97. The van der Waals surface area contributed by atoms with E-state index in [1.165, 1.54) is 12.1 Å². The maximum Gasteiger partial charge on any atom is 0.339 e. The van der Waals surface area contributed by atoms with E-state index < -0.39 is 5.97 Å². The van der Waals surface area contributed by atoms with Gasteiger partial charge in [-0.2, -0.15) is 0 Å². The smallest absolute Gasteiger partial charge is 0.339 e. The minimum Gasteiger partial charge on any atom is -0.497 e. The quantitative estimate of drug-likeness (QED) is 0.778. The van der Waals surface area contributed by atoms with E-state index in [1.807, 2.05) is 0 Å². The molecular formula is C18H15ClO5. The normalized spacial score (nSPS) is 10.2. The van der Waals surface area contributed by atoms with Crippen molar-refractivity contribution < 1.29 is 19.1 Å². The summed E-state index contributed by atoms with van der Waals surface area (Å²) < 4.78 is 10.9. The van der Waals surface area contributed by atoms with Crippen LogP contribution in [-0.2, 0) is 0 Å². The van der Waals surface area contributed by atoms with E-state index in [9.17, 15) is 14.7 Å². The van der Waals surface area contributed by atoms with Gasteiger partial charge in [0.05, 0.1) is 12.5 Å². The molecule has 0 aliphatic heterocycles. The van der Waals surface area contributed by atoms with Gasteiger partial charge in [0.1, 0.15) is 17.1 Å². The summed E-state index contributed by atoms with van der Waals surface area (Å²) in [5.41, 5.74) is 0.934. The first kappa shape index (κ1) is 17.6. The van der Waals surface area contributed by atoms with Crippen LogP contribution in [0.15, 0.2) is 51.7 Å². The van der Waals surface area contributed by atoms with Crippen LogP contribution in [0.25, 0.3) is 22.3 Å². The molecule has 0 saturated heterocycles. The number of fused-ring (bicyclic) bond motifs is 1. The summed E-state index contributed by atoms with van der Waals surface area (Å²) in [6.07, 6.45) is 0. The topological polar surface area (TPSA) is 76.7 Å². The standard InChI is InChI=1S/C18H14O5.ClH/c1-10-15(19)13-4-3-5-14(18(20)21)17(13)23-16(10)11-6-8-12(22-2)9-7-11;/h3-9H,1-2H3,(H,20,21);1H. The predicted molar refractivity (Wildman–Crippen MR) is 93.4 cm³/mol. The van der Waals surface area contributed by atoms with Gasteiger partial charge in [0.2, 0.25) is 0 Å². The van der Waals surface area contributed by atoms with Crippen molar-refractivity contribution >= 4 is 29.3 Å². The van der Waals surface area contributed by atoms with Crippen LogP contribution < -0.4 is 10.2 Å². The Balaban J connectivity index is 0.00000208. The second-order valence-electron chi connectivity index (χ2n) is 5.10. The molecule has 1 N–H and O–H groups in total. The molecule has 6 heteroatoms. The maximum absolute atomic E-state index is 12.5. The van der Waals surface area contributed by atoms with Crippen LogP contribution in [0.3, 0.4) is 0 Å². The van der Waals surface area contributed by atoms with Gasteiger partial charge in [-0.3, -0.25) is 4.79 Å². The molecule has 0 aliphatic rings. The van der Waals surface area contributed by atoms with Crippen molar-refractivity contribution in [3.05, 3.63) is 63.8 Å². The number of rotatable bonds is 3. The first-order valence-electron chi connectivity index (χ1n) is 6.97. The van der Waals surface area contributed by atoms with E-state index in [-0.39, 0.29) is 34.4 Å². The van der Waals surface area contributed by atoms with Crippen molar-refractivity contribution in [1.29, 1.82) is 0 Å². The summed E-state index contributed by atoms with van der Waals surface area (Å²) in [5, 5.41) is 9.56. The highest BCUT2D eigenvalue weighted by atomic mass is 35.5. The zero-order chi connectivity index (χ0) is 16.6. The number of carboxylic acid groups (broad SMARTS) is 1. The van der Waals surface area contributed by atoms with Crippen LogP contribution in [0.2, 0.25) is 0 Å². The average Bonchev–Trinajstić information content (AvgIpc) is 2.57. The molecule has 0 aliphatic carbocycles. The second-order valence-corrected chi connectivity index (χ2v) is 5.10. The highest BCUT2D eigenvalue weighted by Gasteiger charge is 2.17. The molecule has 3 aromatic rings. The van der Waals surface area contributed by atoms with Crippen LogP contribution >= 0.6 is 12.4 Å². The minimum atomic E-state index is -1.14.